The van der Waals surface area contributed by atoms with Crippen LogP contribution in [0.15, 0.2) is 60.3 Å². The minimum Gasteiger partial charge on any atom is -0.368 e. The van der Waals surface area contributed by atoms with Crippen LogP contribution in [0, 0.1) is 5.82 Å². The first-order valence-corrected chi connectivity index (χ1v) is 9.30. The van der Waals surface area contributed by atoms with Crippen molar-refractivity contribution < 1.29 is 18.8 Å². The van der Waals surface area contributed by atoms with Crippen LogP contribution in [-0.2, 0) is 20.9 Å². The largest absolute Gasteiger partial charge is 0.368 e. The van der Waals surface area contributed by atoms with Crippen LogP contribution >= 0.6 is 12.2 Å². The quantitative estimate of drug-likeness (QED) is 0.382. The number of rotatable bonds is 4. The summed E-state index contributed by atoms with van der Waals surface area (Å²) in [6.45, 7) is -0.0603. The third kappa shape index (κ3) is 3.35. The molecule has 0 bridgehead atoms. The van der Waals surface area contributed by atoms with Crippen molar-refractivity contribution in [2.24, 2.45) is 5.73 Å². The molecule has 3 N–H and O–H groups in total. The van der Waals surface area contributed by atoms with Crippen molar-refractivity contribution in [1.82, 2.24) is 9.88 Å². The molecule has 9 heteroatoms. The highest BCUT2D eigenvalue weighted by molar-refractivity contribution is 7.80. The van der Waals surface area contributed by atoms with E-state index in [1.54, 1.807) is 41.1 Å². The smallest absolute Gasteiger partial charge is 0.270 e. The number of carbonyl (C=O) groups excluding carboxylic acids is 3. The SMILES string of the molecule is NC(=O)Cn1cc(C=C2C(=O)NC(=S)N(c3ccccc3F)C2=O)c2ccccc21. The van der Waals surface area contributed by atoms with Gasteiger partial charge in [0, 0.05) is 22.7 Å². The Morgan fingerprint density at radius 3 is 2.57 bits per heavy atom. The summed E-state index contributed by atoms with van der Waals surface area (Å²) in [5.41, 5.74) is 6.29. The molecule has 0 spiro atoms. The normalized spacial score (nSPS) is 15.7. The van der Waals surface area contributed by atoms with Gasteiger partial charge in [0.1, 0.15) is 17.9 Å². The minimum absolute atomic E-state index is 0.0603. The first kappa shape index (κ1) is 19.5. The molecule has 150 valence electrons. The molecule has 1 aliphatic heterocycles. The third-order valence-corrected chi connectivity index (χ3v) is 4.93. The van der Waals surface area contributed by atoms with Gasteiger partial charge < -0.3 is 10.3 Å². The van der Waals surface area contributed by atoms with Crippen LogP contribution in [0.4, 0.5) is 10.1 Å². The molecule has 4 rings (SSSR count). The van der Waals surface area contributed by atoms with E-state index in [4.69, 9.17) is 18.0 Å². The molecule has 1 aromatic heterocycles. The lowest BCUT2D eigenvalue weighted by Crippen LogP contribution is -2.54. The number of aromatic nitrogens is 1. The fraction of sp³-hybridized carbons (Fsp3) is 0.0476. The van der Waals surface area contributed by atoms with Crippen molar-refractivity contribution in [3.8, 4) is 0 Å². The number of amides is 3. The van der Waals surface area contributed by atoms with Crippen LogP contribution in [0.5, 0.6) is 0 Å². The minimum atomic E-state index is -0.749. The van der Waals surface area contributed by atoms with Crippen molar-refractivity contribution in [2.45, 2.75) is 6.54 Å². The summed E-state index contributed by atoms with van der Waals surface area (Å²) in [5.74, 6) is -2.62. The Labute approximate surface area is 175 Å². The molecule has 3 aromatic rings. The molecule has 0 radical (unpaired) electrons. The molecule has 0 unspecified atom stereocenters. The number of halogens is 1. The van der Waals surface area contributed by atoms with E-state index in [1.165, 1.54) is 24.3 Å². The van der Waals surface area contributed by atoms with Crippen LogP contribution in [0.3, 0.4) is 0 Å². The number of thiocarbonyl (C=S) groups is 1. The predicted octanol–water partition coefficient (Wildman–Crippen LogP) is 2.10. The number of benzene rings is 2. The highest BCUT2D eigenvalue weighted by Crippen LogP contribution is 2.27. The van der Waals surface area contributed by atoms with Crippen LogP contribution < -0.4 is 16.0 Å². The Kier molecular flexibility index (Phi) is 4.88. The zero-order valence-electron chi connectivity index (χ0n) is 15.5. The summed E-state index contributed by atoms with van der Waals surface area (Å²) in [7, 11) is 0. The number of primary amides is 1. The maximum Gasteiger partial charge on any atom is 0.270 e. The molecular weight excluding hydrogens is 407 g/mol. The number of hydrogen-bond donors (Lipinski definition) is 2. The Morgan fingerprint density at radius 1 is 1.13 bits per heavy atom. The van der Waals surface area contributed by atoms with Gasteiger partial charge in [0.2, 0.25) is 5.91 Å². The lowest BCUT2D eigenvalue weighted by Gasteiger charge is -2.29. The van der Waals surface area contributed by atoms with Crippen LogP contribution in [0.2, 0.25) is 0 Å². The number of fused-ring (bicyclic) bond motifs is 1. The van der Waals surface area contributed by atoms with E-state index in [2.05, 4.69) is 5.32 Å². The first-order chi connectivity index (χ1) is 14.4. The Morgan fingerprint density at radius 2 is 1.83 bits per heavy atom. The van der Waals surface area contributed by atoms with Gasteiger partial charge in [-0.25, -0.2) is 9.29 Å². The molecule has 2 heterocycles. The van der Waals surface area contributed by atoms with E-state index >= 15 is 0 Å². The van der Waals surface area contributed by atoms with Gasteiger partial charge >= 0.3 is 0 Å². The molecule has 0 aliphatic carbocycles. The first-order valence-electron chi connectivity index (χ1n) is 8.89. The molecule has 2 aromatic carbocycles. The molecule has 0 saturated carbocycles. The van der Waals surface area contributed by atoms with Crippen LogP contribution in [0.1, 0.15) is 5.56 Å². The van der Waals surface area contributed by atoms with Gasteiger partial charge in [-0.3, -0.25) is 19.7 Å². The average Bonchev–Trinajstić information content (AvgIpc) is 3.03. The fourth-order valence-electron chi connectivity index (χ4n) is 3.35. The van der Waals surface area contributed by atoms with Gasteiger partial charge in [0.15, 0.2) is 5.11 Å². The van der Waals surface area contributed by atoms with Gasteiger partial charge in [-0.15, -0.1) is 0 Å². The fourth-order valence-corrected chi connectivity index (χ4v) is 3.63. The molecular formula is C21H15FN4O3S. The summed E-state index contributed by atoms with van der Waals surface area (Å²) >= 11 is 5.09. The van der Waals surface area contributed by atoms with E-state index in [1.807, 2.05) is 0 Å². The highest BCUT2D eigenvalue weighted by Gasteiger charge is 2.35. The van der Waals surface area contributed by atoms with Gasteiger partial charge in [0.05, 0.1) is 5.69 Å². The van der Waals surface area contributed by atoms with Gasteiger partial charge in [-0.05, 0) is 36.5 Å². The topological polar surface area (TPSA) is 97.4 Å². The third-order valence-electron chi connectivity index (χ3n) is 4.64. The number of anilines is 1. The van der Waals surface area contributed by atoms with Crippen molar-refractivity contribution in [3.63, 3.8) is 0 Å². The molecule has 30 heavy (non-hydrogen) atoms. The maximum absolute atomic E-state index is 14.3. The standard InChI is InChI=1S/C21H15FN4O3S/c22-15-6-2-4-8-17(15)26-20(29)14(19(28)24-21(26)30)9-12-10-25(11-18(23)27)16-7-3-1-5-13(12)16/h1-10H,11H2,(H2,23,27)(H,24,28,30). The number of nitrogens with zero attached hydrogens (tertiary/aromatic N) is 2. The number of nitrogens with one attached hydrogen (secondary N) is 1. The molecule has 1 aliphatic rings. The zero-order chi connectivity index (χ0) is 21.4. The van der Waals surface area contributed by atoms with E-state index in [9.17, 15) is 18.8 Å². The average molecular weight is 422 g/mol. The van der Waals surface area contributed by atoms with E-state index in [0.717, 1.165) is 10.3 Å². The van der Waals surface area contributed by atoms with Crippen molar-refractivity contribution in [3.05, 3.63) is 71.7 Å². The van der Waals surface area contributed by atoms with Crippen molar-refractivity contribution in [2.75, 3.05) is 4.90 Å². The summed E-state index contributed by atoms with van der Waals surface area (Å²) in [6.07, 6.45) is 3.02. The summed E-state index contributed by atoms with van der Waals surface area (Å²) in [4.78, 5) is 37.9. The summed E-state index contributed by atoms with van der Waals surface area (Å²) < 4.78 is 15.9. The van der Waals surface area contributed by atoms with E-state index in [0.29, 0.717) is 11.1 Å². The lowest BCUT2D eigenvalue weighted by atomic mass is 10.1. The van der Waals surface area contributed by atoms with Crippen LogP contribution in [0.25, 0.3) is 17.0 Å². The summed E-state index contributed by atoms with van der Waals surface area (Å²) in [6, 6.07) is 12.8. The molecule has 7 nitrogen and oxygen atoms in total. The number of nitrogens with two attached hydrogens (primary N) is 1. The number of para-hydroxylation sites is 2. The summed E-state index contributed by atoms with van der Waals surface area (Å²) in [5, 5.41) is 2.94. The van der Waals surface area contributed by atoms with Crippen molar-refractivity contribution >= 4 is 57.7 Å². The molecule has 0 atom stereocenters. The Bertz CT molecular complexity index is 1260. The number of hydrogen-bond acceptors (Lipinski definition) is 4. The monoisotopic (exact) mass is 422 g/mol. The number of carbonyl (C=O) groups is 3. The van der Waals surface area contributed by atoms with Crippen LogP contribution in [-0.4, -0.2) is 27.4 Å². The second-order valence-corrected chi connectivity index (χ2v) is 6.99. The Hall–Kier alpha value is -3.85. The predicted molar refractivity (Wildman–Crippen MR) is 114 cm³/mol. The lowest BCUT2D eigenvalue weighted by molar-refractivity contribution is -0.122. The van der Waals surface area contributed by atoms with E-state index < -0.39 is 23.5 Å². The van der Waals surface area contributed by atoms with Gasteiger partial charge in [-0.1, -0.05) is 30.3 Å². The van der Waals surface area contributed by atoms with Gasteiger partial charge in [0.25, 0.3) is 11.8 Å². The van der Waals surface area contributed by atoms with E-state index in [-0.39, 0.29) is 22.9 Å². The second kappa shape index (κ2) is 7.53. The highest BCUT2D eigenvalue weighted by atomic mass is 32.1. The zero-order valence-corrected chi connectivity index (χ0v) is 16.3. The second-order valence-electron chi connectivity index (χ2n) is 6.61. The van der Waals surface area contributed by atoms with Crippen molar-refractivity contribution in [1.29, 1.82) is 0 Å². The maximum atomic E-state index is 14.3. The molecule has 1 saturated heterocycles. The Balaban J connectivity index is 1.82. The van der Waals surface area contributed by atoms with Gasteiger partial charge in [-0.2, -0.15) is 0 Å². The molecule has 3 amide bonds. The molecule has 1 fully saturated rings.